The first-order chi connectivity index (χ1) is 8.58. The van der Waals surface area contributed by atoms with Crippen molar-refractivity contribution in [3.05, 3.63) is 23.2 Å². The first-order valence-electron chi connectivity index (χ1n) is 6.34. The van der Waals surface area contributed by atoms with Gasteiger partial charge in [-0.15, -0.1) is 0 Å². The molecule has 0 fully saturated rings. The van der Waals surface area contributed by atoms with Crippen LogP contribution in [0.5, 0.6) is 0 Å². The van der Waals surface area contributed by atoms with Crippen molar-refractivity contribution in [1.29, 1.82) is 0 Å². The molecule has 1 heterocycles. The molecule has 0 aromatic carbocycles. The van der Waals surface area contributed by atoms with Crippen LogP contribution in [0.25, 0.3) is 0 Å². The van der Waals surface area contributed by atoms with E-state index in [4.69, 9.17) is 9.52 Å². The molecule has 0 unspecified atom stereocenters. The molecular formula is C13H22N2O3. The molecule has 2 N–H and O–H groups in total. The van der Waals surface area contributed by atoms with E-state index in [-0.39, 0.29) is 5.76 Å². The lowest BCUT2D eigenvalue weighted by Crippen LogP contribution is -2.31. The van der Waals surface area contributed by atoms with Crippen LogP contribution >= 0.6 is 0 Å². The predicted octanol–water partition coefficient (Wildman–Crippen LogP) is 1.72. The van der Waals surface area contributed by atoms with E-state index >= 15 is 0 Å². The first kappa shape index (κ1) is 14.7. The molecule has 0 atom stereocenters. The van der Waals surface area contributed by atoms with Gasteiger partial charge in [0.2, 0.25) is 5.76 Å². The van der Waals surface area contributed by atoms with Gasteiger partial charge in [0.15, 0.2) is 0 Å². The SMILES string of the molecule is CCN(CC)CCNCc1cc(C)c(C(=O)O)o1. The van der Waals surface area contributed by atoms with Crippen molar-refractivity contribution in [2.24, 2.45) is 0 Å². The van der Waals surface area contributed by atoms with Gasteiger partial charge in [-0.05, 0) is 26.1 Å². The summed E-state index contributed by atoms with van der Waals surface area (Å²) in [5.41, 5.74) is 0.669. The lowest BCUT2D eigenvalue weighted by Gasteiger charge is -2.17. The summed E-state index contributed by atoms with van der Waals surface area (Å²) < 4.78 is 5.26. The summed E-state index contributed by atoms with van der Waals surface area (Å²) in [5, 5.41) is 12.1. The second kappa shape index (κ2) is 7.18. The summed E-state index contributed by atoms with van der Waals surface area (Å²) in [7, 11) is 0. The van der Waals surface area contributed by atoms with E-state index in [0.29, 0.717) is 17.9 Å². The minimum absolute atomic E-state index is 0.0375. The average Bonchev–Trinajstić information content (AvgIpc) is 2.71. The average molecular weight is 254 g/mol. The summed E-state index contributed by atoms with van der Waals surface area (Å²) in [6, 6.07) is 1.77. The molecule has 18 heavy (non-hydrogen) atoms. The normalized spacial score (nSPS) is 11.1. The highest BCUT2D eigenvalue weighted by Gasteiger charge is 2.13. The molecule has 0 bridgehead atoms. The minimum atomic E-state index is -1.01. The second-order valence-electron chi connectivity index (χ2n) is 4.23. The Bertz CT molecular complexity index is 384. The summed E-state index contributed by atoms with van der Waals surface area (Å²) in [4.78, 5) is 13.1. The Hall–Kier alpha value is -1.33. The lowest BCUT2D eigenvalue weighted by molar-refractivity contribution is 0.0659. The lowest BCUT2D eigenvalue weighted by atomic mass is 10.2. The quantitative estimate of drug-likeness (QED) is 0.691. The Morgan fingerprint density at radius 3 is 2.61 bits per heavy atom. The van der Waals surface area contributed by atoms with Crippen LogP contribution in [-0.4, -0.2) is 42.2 Å². The van der Waals surface area contributed by atoms with Gasteiger partial charge in [0.25, 0.3) is 0 Å². The Morgan fingerprint density at radius 1 is 1.44 bits per heavy atom. The smallest absolute Gasteiger partial charge is 0.372 e. The third kappa shape index (κ3) is 4.16. The van der Waals surface area contributed by atoms with Gasteiger partial charge >= 0.3 is 5.97 Å². The Balaban J connectivity index is 2.36. The third-order valence-electron chi connectivity index (χ3n) is 2.96. The number of nitrogens with one attached hydrogen (secondary N) is 1. The van der Waals surface area contributed by atoms with E-state index in [0.717, 1.165) is 26.2 Å². The number of nitrogens with zero attached hydrogens (tertiary/aromatic N) is 1. The number of aryl methyl sites for hydroxylation is 1. The number of rotatable bonds is 8. The van der Waals surface area contributed by atoms with Gasteiger partial charge in [0, 0.05) is 18.7 Å². The van der Waals surface area contributed by atoms with E-state index in [1.54, 1.807) is 13.0 Å². The zero-order valence-corrected chi connectivity index (χ0v) is 11.3. The summed E-state index contributed by atoms with van der Waals surface area (Å²) in [6.07, 6.45) is 0. The van der Waals surface area contributed by atoms with Crippen molar-refractivity contribution < 1.29 is 14.3 Å². The van der Waals surface area contributed by atoms with E-state index in [1.807, 2.05) is 0 Å². The van der Waals surface area contributed by atoms with E-state index in [1.165, 1.54) is 0 Å². The van der Waals surface area contributed by atoms with Crippen LogP contribution in [0.1, 0.15) is 35.7 Å². The van der Waals surface area contributed by atoms with Crippen LogP contribution in [0.2, 0.25) is 0 Å². The van der Waals surface area contributed by atoms with Crippen molar-refractivity contribution in [2.75, 3.05) is 26.2 Å². The maximum absolute atomic E-state index is 10.8. The van der Waals surface area contributed by atoms with E-state index in [9.17, 15) is 4.79 Å². The fraction of sp³-hybridized carbons (Fsp3) is 0.615. The van der Waals surface area contributed by atoms with Crippen LogP contribution in [0.4, 0.5) is 0 Å². The molecule has 0 aliphatic carbocycles. The molecule has 0 radical (unpaired) electrons. The maximum Gasteiger partial charge on any atom is 0.372 e. The van der Waals surface area contributed by atoms with Gasteiger partial charge in [-0.3, -0.25) is 0 Å². The van der Waals surface area contributed by atoms with Gasteiger partial charge in [0.1, 0.15) is 5.76 Å². The van der Waals surface area contributed by atoms with E-state index < -0.39 is 5.97 Å². The molecule has 0 spiro atoms. The predicted molar refractivity (Wildman–Crippen MR) is 69.9 cm³/mol. The van der Waals surface area contributed by atoms with Crippen molar-refractivity contribution in [2.45, 2.75) is 27.3 Å². The molecule has 1 aromatic rings. The number of carbonyl (C=O) groups is 1. The molecule has 0 aliphatic rings. The fourth-order valence-electron chi connectivity index (χ4n) is 1.84. The van der Waals surface area contributed by atoms with Gasteiger partial charge in [-0.2, -0.15) is 0 Å². The molecule has 1 rings (SSSR count). The highest BCUT2D eigenvalue weighted by Crippen LogP contribution is 2.14. The molecule has 5 nitrogen and oxygen atoms in total. The number of hydrogen-bond acceptors (Lipinski definition) is 4. The zero-order chi connectivity index (χ0) is 13.5. The Morgan fingerprint density at radius 2 is 2.11 bits per heavy atom. The zero-order valence-electron chi connectivity index (χ0n) is 11.3. The van der Waals surface area contributed by atoms with Crippen LogP contribution < -0.4 is 5.32 Å². The summed E-state index contributed by atoms with van der Waals surface area (Å²) in [5.74, 6) is -0.304. The van der Waals surface area contributed by atoms with Gasteiger partial charge < -0.3 is 19.7 Å². The van der Waals surface area contributed by atoms with Gasteiger partial charge in [-0.1, -0.05) is 13.8 Å². The molecule has 5 heteroatoms. The molecule has 0 saturated heterocycles. The molecular weight excluding hydrogens is 232 g/mol. The summed E-state index contributed by atoms with van der Waals surface area (Å²) >= 11 is 0. The molecule has 1 aromatic heterocycles. The van der Waals surface area contributed by atoms with Gasteiger partial charge in [-0.25, -0.2) is 4.79 Å². The number of carboxylic acid groups (broad SMARTS) is 1. The Kier molecular flexibility index (Phi) is 5.88. The highest BCUT2D eigenvalue weighted by molar-refractivity contribution is 5.86. The van der Waals surface area contributed by atoms with Crippen molar-refractivity contribution in [3.8, 4) is 0 Å². The number of hydrogen-bond donors (Lipinski definition) is 2. The standard InChI is InChI=1S/C13H22N2O3/c1-4-15(5-2)7-6-14-9-11-8-10(3)12(18-11)13(16)17/h8,14H,4-7,9H2,1-3H3,(H,16,17). The third-order valence-corrected chi connectivity index (χ3v) is 2.96. The maximum atomic E-state index is 10.8. The highest BCUT2D eigenvalue weighted by atomic mass is 16.4. The van der Waals surface area contributed by atoms with Gasteiger partial charge in [0.05, 0.1) is 6.54 Å². The molecule has 0 amide bonds. The summed E-state index contributed by atoms with van der Waals surface area (Å²) in [6.45, 7) is 10.5. The van der Waals surface area contributed by atoms with Crippen molar-refractivity contribution in [3.63, 3.8) is 0 Å². The molecule has 0 aliphatic heterocycles. The van der Waals surface area contributed by atoms with Crippen LogP contribution in [0, 0.1) is 6.92 Å². The monoisotopic (exact) mass is 254 g/mol. The van der Waals surface area contributed by atoms with Crippen LogP contribution in [-0.2, 0) is 6.54 Å². The molecule has 0 saturated carbocycles. The first-order valence-corrected chi connectivity index (χ1v) is 6.34. The number of furan rings is 1. The molecule has 102 valence electrons. The van der Waals surface area contributed by atoms with Crippen molar-refractivity contribution in [1.82, 2.24) is 10.2 Å². The number of carboxylic acids is 1. The topological polar surface area (TPSA) is 65.7 Å². The van der Waals surface area contributed by atoms with E-state index in [2.05, 4.69) is 24.1 Å². The fourth-order valence-corrected chi connectivity index (χ4v) is 1.84. The number of likely N-dealkylation sites (N-methyl/N-ethyl adjacent to an activating group) is 1. The number of aromatic carboxylic acids is 1. The van der Waals surface area contributed by atoms with Crippen LogP contribution in [0.15, 0.2) is 10.5 Å². The minimum Gasteiger partial charge on any atom is -0.475 e. The largest absolute Gasteiger partial charge is 0.475 e. The Labute approximate surface area is 108 Å². The van der Waals surface area contributed by atoms with Crippen molar-refractivity contribution >= 4 is 5.97 Å². The second-order valence-corrected chi connectivity index (χ2v) is 4.23. The van der Waals surface area contributed by atoms with Crippen LogP contribution in [0.3, 0.4) is 0 Å².